The summed E-state index contributed by atoms with van der Waals surface area (Å²) in [4.78, 5) is 4.17. The van der Waals surface area contributed by atoms with Gasteiger partial charge in [0.05, 0.1) is 12.0 Å². The molecule has 0 radical (unpaired) electrons. The molecule has 2 N–H and O–H groups in total. The van der Waals surface area contributed by atoms with Crippen molar-refractivity contribution in [1.82, 2.24) is 15.2 Å². The van der Waals surface area contributed by atoms with Gasteiger partial charge in [0.15, 0.2) is 5.82 Å². The average molecular weight is 378 g/mol. The fourth-order valence-electron chi connectivity index (χ4n) is 2.59. The summed E-state index contributed by atoms with van der Waals surface area (Å²) in [6, 6.07) is 12.4. The predicted octanol–water partition coefficient (Wildman–Crippen LogP) is 4.81. The van der Waals surface area contributed by atoms with Gasteiger partial charge in [0.25, 0.3) is 0 Å². The van der Waals surface area contributed by atoms with Gasteiger partial charge >= 0.3 is 0 Å². The highest BCUT2D eigenvalue weighted by Crippen LogP contribution is 2.35. The number of rotatable bonds is 6. The van der Waals surface area contributed by atoms with Crippen molar-refractivity contribution in [2.24, 2.45) is 0 Å². The number of H-pyrrole nitrogens is 1. The van der Waals surface area contributed by atoms with E-state index in [1.807, 2.05) is 13.0 Å². The van der Waals surface area contributed by atoms with Gasteiger partial charge in [-0.1, -0.05) is 36.2 Å². The second-order valence-electron chi connectivity index (χ2n) is 5.55. The number of aromatic amines is 1. The Bertz CT molecular complexity index is 823. The predicted molar refractivity (Wildman–Crippen MR) is 97.5 cm³/mol. The zero-order valence-corrected chi connectivity index (χ0v) is 15.0. The molecule has 0 amide bonds. The number of halogens is 2. The van der Waals surface area contributed by atoms with E-state index in [1.54, 1.807) is 36.4 Å². The number of benzene rings is 2. The summed E-state index contributed by atoms with van der Waals surface area (Å²) >= 11 is 12.3. The summed E-state index contributed by atoms with van der Waals surface area (Å²) in [6.07, 6.45) is 1.39. The molecule has 7 heteroatoms. The molecule has 1 heterocycles. The van der Waals surface area contributed by atoms with Crippen LogP contribution in [0.15, 0.2) is 48.8 Å². The van der Waals surface area contributed by atoms with Crippen LogP contribution >= 0.6 is 23.2 Å². The molecule has 0 fully saturated rings. The molecule has 0 saturated heterocycles. The van der Waals surface area contributed by atoms with Gasteiger partial charge in [-0.25, -0.2) is 4.98 Å². The average Bonchev–Trinajstić information content (AvgIpc) is 3.13. The molecular formula is C18H17Cl2N3O2. The Labute approximate surface area is 155 Å². The number of hydrogen-bond acceptors (Lipinski definition) is 4. The number of ether oxygens (including phenoxy) is 1. The van der Waals surface area contributed by atoms with Crippen LogP contribution in [0.2, 0.25) is 10.0 Å². The maximum atomic E-state index is 10.4. The smallest absolute Gasteiger partial charge is 0.160 e. The van der Waals surface area contributed by atoms with Crippen molar-refractivity contribution in [3.05, 3.63) is 70.2 Å². The molecule has 0 bridgehead atoms. The lowest BCUT2D eigenvalue weighted by Crippen LogP contribution is -2.20. The summed E-state index contributed by atoms with van der Waals surface area (Å²) < 4.78 is 5.78. The molecule has 5 nitrogen and oxygen atoms in total. The maximum Gasteiger partial charge on any atom is 0.160 e. The lowest BCUT2D eigenvalue weighted by molar-refractivity contribution is 0.149. The van der Waals surface area contributed by atoms with E-state index in [9.17, 15) is 5.11 Å². The monoisotopic (exact) mass is 377 g/mol. The topological polar surface area (TPSA) is 71.0 Å². The molecule has 130 valence electrons. The van der Waals surface area contributed by atoms with Gasteiger partial charge in [-0.3, -0.25) is 5.10 Å². The first kappa shape index (κ1) is 17.7. The Hall–Kier alpha value is -2.08. The van der Waals surface area contributed by atoms with Gasteiger partial charge in [-0.2, -0.15) is 5.10 Å². The highest BCUT2D eigenvalue weighted by molar-refractivity contribution is 6.31. The molecule has 0 aliphatic rings. The Morgan fingerprint density at radius 1 is 1.12 bits per heavy atom. The second kappa shape index (κ2) is 7.87. The van der Waals surface area contributed by atoms with Crippen LogP contribution in [0, 0.1) is 0 Å². The van der Waals surface area contributed by atoms with E-state index in [0.717, 1.165) is 5.56 Å². The molecular weight excluding hydrogens is 361 g/mol. The Kier molecular flexibility index (Phi) is 5.58. The van der Waals surface area contributed by atoms with Crippen LogP contribution < -0.4 is 4.74 Å². The Morgan fingerprint density at radius 3 is 2.44 bits per heavy atom. The number of aliphatic hydroxyl groups is 1. The fourth-order valence-corrected chi connectivity index (χ4v) is 3.00. The Morgan fingerprint density at radius 2 is 1.84 bits per heavy atom. The van der Waals surface area contributed by atoms with Crippen molar-refractivity contribution < 1.29 is 9.84 Å². The van der Waals surface area contributed by atoms with Gasteiger partial charge in [-0.15, -0.1) is 0 Å². The van der Waals surface area contributed by atoms with Gasteiger partial charge in [0, 0.05) is 10.0 Å². The molecule has 2 unspecified atom stereocenters. The van der Waals surface area contributed by atoms with Gasteiger partial charge in [0.2, 0.25) is 0 Å². The minimum atomic E-state index is -0.642. The second-order valence-corrected chi connectivity index (χ2v) is 6.39. The standard InChI is InChI=1S/C18H17Cl2N3O2/c1-2-16(24)17(18-21-10-22-23-18)14-8-7-13(9-15(14)20)25-12-5-3-11(19)4-6-12/h3-10,16-17,24H,2H2,1H3,(H,21,22,23). The minimum Gasteiger partial charge on any atom is -0.457 e. The summed E-state index contributed by atoms with van der Waals surface area (Å²) in [5.41, 5.74) is 0.749. The van der Waals surface area contributed by atoms with Crippen molar-refractivity contribution in [2.45, 2.75) is 25.4 Å². The summed E-state index contributed by atoms with van der Waals surface area (Å²) in [5.74, 6) is 1.35. The van der Waals surface area contributed by atoms with Gasteiger partial charge in [-0.05, 0) is 48.4 Å². The molecule has 3 aromatic rings. The largest absolute Gasteiger partial charge is 0.457 e. The van der Waals surface area contributed by atoms with E-state index in [4.69, 9.17) is 27.9 Å². The molecule has 2 atom stereocenters. The molecule has 0 aliphatic carbocycles. The Balaban J connectivity index is 1.88. The molecule has 25 heavy (non-hydrogen) atoms. The fraction of sp³-hybridized carbons (Fsp3) is 0.222. The first-order valence-electron chi connectivity index (χ1n) is 7.85. The molecule has 3 rings (SSSR count). The lowest BCUT2D eigenvalue weighted by atomic mass is 9.91. The van der Waals surface area contributed by atoms with Crippen LogP contribution in [0.1, 0.15) is 30.7 Å². The molecule has 1 aromatic heterocycles. The third-order valence-electron chi connectivity index (χ3n) is 3.87. The van der Waals surface area contributed by atoms with E-state index in [1.165, 1.54) is 6.33 Å². The van der Waals surface area contributed by atoms with Crippen LogP contribution in [-0.4, -0.2) is 26.4 Å². The third kappa shape index (κ3) is 4.12. The molecule has 0 spiro atoms. The van der Waals surface area contributed by atoms with E-state index in [0.29, 0.717) is 33.8 Å². The highest BCUT2D eigenvalue weighted by Gasteiger charge is 2.27. The third-order valence-corrected chi connectivity index (χ3v) is 4.45. The van der Waals surface area contributed by atoms with Gasteiger partial charge in [0.1, 0.15) is 17.8 Å². The van der Waals surface area contributed by atoms with Crippen molar-refractivity contribution in [2.75, 3.05) is 0 Å². The first-order chi connectivity index (χ1) is 12.1. The van der Waals surface area contributed by atoms with Crippen molar-refractivity contribution in [3.63, 3.8) is 0 Å². The number of nitrogens with one attached hydrogen (secondary N) is 1. The zero-order chi connectivity index (χ0) is 17.8. The normalized spacial score (nSPS) is 13.4. The molecule has 0 saturated carbocycles. The minimum absolute atomic E-state index is 0.409. The van der Waals surface area contributed by atoms with E-state index >= 15 is 0 Å². The van der Waals surface area contributed by atoms with Crippen LogP contribution in [0.4, 0.5) is 0 Å². The summed E-state index contributed by atoms with van der Waals surface area (Å²) in [7, 11) is 0. The summed E-state index contributed by atoms with van der Waals surface area (Å²) in [5, 5.41) is 18.3. The number of aliphatic hydroxyl groups excluding tert-OH is 1. The molecule has 0 aliphatic heterocycles. The highest BCUT2D eigenvalue weighted by atomic mass is 35.5. The quantitative estimate of drug-likeness (QED) is 0.646. The van der Waals surface area contributed by atoms with Crippen LogP contribution in [0.5, 0.6) is 11.5 Å². The number of hydrogen-bond donors (Lipinski definition) is 2. The van der Waals surface area contributed by atoms with Crippen molar-refractivity contribution in [1.29, 1.82) is 0 Å². The first-order valence-corrected chi connectivity index (χ1v) is 8.60. The summed E-state index contributed by atoms with van der Waals surface area (Å²) in [6.45, 7) is 1.90. The van der Waals surface area contributed by atoms with Crippen LogP contribution in [-0.2, 0) is 0 Å². The lowest BCUT2D eigenvalue weighted by Gasteiger charge is -2.21. The zero-order valence-electron chi connectivity index (χ0n) is 13.5. The number of nitrogens with zero attached hydrogens (tertiary/aromatic N) is 2. The van der Waals surface area contributed by atoms with E-state index < -0.39 is 12.0 Å². The SMILES string of the molecule is CCC(O)C(c1nc[nH]n1)c1ccc(Oc2ccc(Cl)cc2)cc1Cl. The van der Waals surface area contributed by atoms with Crippen molar-refractivity contribution >= 4 is 23.2 Å². The van der Waals surface area contributed by atoms with Crippen LogP contribution in [0.3, 0.4) is 0 Å². The number of aromatic nitrogens is 3. The van der Waals surface area contributed by atoms with Crippen molar-refractivity contribution in [3.8, 4) is 11.5 Å². The van der Waals surface area contributed by atoms with Gasteiger partial charge < -0.3 is 9.84 Å². The van der Waals surface area contributed by atoms with E-state index in [-0.39, 0.29) is 0 Å². The van der Waals surface area contributed by atoms with E-state index in [2.05, 4.69) is 15.2 Å². The molecule has 2 aromatic carbocycles. The van der Waals surface area contributed by atoms with Crippen LogP contribution in [0.25, 0.3) is 0 Å². The maximum absolute atomic E-state index is 10.4.